The van der Waals surface area contributed by atoms with Crippen LogP contribution in [0.5, 0.6) is 0 Å². The van der Waals surface area contributed by atoms with Gasteiger partial charge in [0.1, 0.15) is 5.82 Å². The number of anilines is 4. The van der Waals surface area contributed by atoms with Crippen molar-refractivity contribution in [2.75, 3.05) is 10.6 Å². The van der Waals surface area contributed by atoms with Crippen molar-refractivity contribution in [3.8, 4) is 0 Å². The lowest BCUT2D eigenvalue weighted by atomic mass is 10.1. The summed E-state index contributed by atoms with van der Waals surface area (Å²) in [6.07, 6.45) is 1.82. The van der Waals surface area contributed by atoms with E-state index < -0.39 is 0 Å². The Morgan fingerprint density at radius 1 is 0.613 bits per heavy atom. The zero-order valence-electron chi connectivity index (χ0n) is 19.9. The average Bonchev–Trinajstić information content (AvgIpc) is 2.86. The van der Waals surface area contributed by atoms with E-state index in [1.807, 2.05) is 97.1 Å². The van der Waals surface area contributed by atoms with Crippen LogP contribution in [0, 0.1) is 6.92 Å². The summed E-state index contributed by atoms with van der Waals surface area (Å²) < 4.78 is 0. The molecule has 0 aliphatic rings. The van der Waals surface area contributed by atoms with Gasteiger partial charge >= 0.3 is 0 Å². The molecule has 4 rings (SSSR count). The Balaban J connectivity index is 0.000000739. The van der Waals surface area contributed by atoms with Crippen LogP contribution in [-0.2, 0) is 0 Å². The molecule has 0 bridgehead atoms. The van der Waals surface area contributed by atoms with Crippen molar-refractivity contribution in [2.45, 2.75) is 48.5 Å². The SMILES string of the molecule is CC.CC.CC.Cc1cnc(Nc2ccccc2)nc1Nc1ccc2ccccc2c1. The van der Waals surface area contributed by atoms with Crippen molar-refractivity contribution >= 4 is 33.9 Å². The minimum atomic E-state index is 0.570. The van der Waals surface area contributed by atoms with Crippen molar-refractivity contribution < 1.29 is 0 Å². The molecule has 2 N–H and O–H groups in total. The molecule has 4 heteroatoms. The second-order valence-corrected chi connectivity index (χ2v) is 5.90. The Kier molecular flexibility index (Phi) is 12.0. The highest BCUT2D eigenvalue weighted by Crippen LogP contribution is 2.24. The third kappa shape index (κ3) is 7.74. The Labute approximate surface area is 187 Å². The van der Waals surface area contributed by atoms with E-state index in [1.165, 1.54) is 10.8 Å². The molecule has 4 aromatic rings. The summed E-state index contributed by atoms with van der Waals surface area (Å²) in [5.41, 5.74) is 2.96. The van der Waals surface area contributed by atoms with Gasteiger partial charge in [0.15, 0.2) is 0 Å². The predicted molar refractivity (Wildman–Crippen MR) is 138 cm³/mol. The fourth-order valence-corrected chi connectivity index (χ4v) is 2.68. The van der Waals surface area contributed by atoms with Gasteiger partial charge in [-0.05, 0) is 42.0 Å². The molecule has 0 saturated carbocycles. The van der Waals surface area contributed by atoms with Gasteiger partial charge < -0.3 is 10.6 Å². The lowest BCUT2D eigenvalue weighted by Crippen LogP contribution is -2.02. The number of aromatic nitrogens is 2. The topological polar surface area (TPSA) is 49.8 Å². The van der Waals surface area contributed by atoms with Crippen molar-refractivity contribution in [1.29, 1.82) is 0 Å². The van der Waals surface area contributed by atoms with E-state index in [0.717, 1.165) is 22.8 Å². The van der Waals surface area contributed by atoms with E-state index in [1.54, 1.807) is 0 Å². The molecule has 164 valence electrons. The number of hydrogen-bond donors (Lipinski definition) is 2. The lowest BCUT2D eigenvalue weighted by molar-refractivity contribution is 1.13. The van der Waals surface area contributed by atoms with Crippen molar-refractivity contribution in [1.82, 2.24) is 9.97 Å². The number of benzene rings is 3. The van der Waals surface area contributed by atoms with Crippen LogP contribution in [0.15, 0.2) is 79.0 Å². The normalized spacial score (nSPS) is 9.13. The standard InChI is InChI=1S/C21H18N4.3C2H6/c1-15-14-22-21(24-18-9-3-2-4-10-18)25-20(15)23-19-12-11-16-7-5-6-8-17(16)13-19;3*1-2/h2-14H,1H3,(H2,22,23,24,25);3*1-2H3. The fraction of sp³-hybridized carbons (Fsp3) is 0.259. The summed E-state index contributed by atoms with van der Waals surface area (Å²) in [4.78, 5) is 8.97. The van der Waals surface area contributed by atoms with Crippen LogP contribution in [0.4, 0.5) is 23.1 Å². The number of para-hydroxylation sites is 1. The zero-order valence-corrected chi connectivity index (χ0v) is 19.9. The first-order valence-corrected chi connectivity index (χ1v) is 11.2. The van der Waals surface area contributed by atoms with Crippen LogP contribution >= 0.6 is 0 Å². The summed E-state index contributed by atoms with van der Waals surface area (Å²) in [7, 11) is 0. The van der Waals surface area contributed by atoms with E-state index in [2.05, 4.69) is 50.9 Å². The second kappa shape index (κ2) is 14.6. The Bertz CT molecular complexity index is 1010. The van der Waals surface area contributed by atoms with E-state index in [0.29, 0.717) is 5.95 Å². The van der Waals surface area contributed by atoms with Crippen LogP contribution in [0.2, 0.25) is 0 Å². The van der Waals surface area contributed by atoms with Crippen molar-refractivity contribution in [3.63, 3.8) is 0 Å². The number of fused-ring (bicyclic) bond motifs is 1. The molecular formula is C27H36N4. The molecule has 1 heterocycles. The minimum absolute atomic E-state index is 0.570. The molecule has 4 nitrogen and oxygen atoms in total. The van der Waals surface area contributed by atoms with Gasteiger partial charge in [-0.25, -0.2) is 4.98 Å². The number of hydrogen-bond acceptors (Lipinski definition) is 4. The maximum Gasteiger partial charge on any atom is 0.229 e. The van der Waals surface area contributed by atoms with E-state index in [-0.39, 0.29) is 0 Å². The summed E-state index contributed by atoms with van der Waals surface area (Å²) in [5, 5.41) is 9.04. The molecule has 0 fully saturated rings. The molecule has 31 heavy (non-hydrogen) atoms. The first-order chi connectivity index (χ1) is 15.3. The van der Waals surface area contributed by atoms with Gasteiger partial charge in [0, 0.05) is 23.1 Å². The number of rotatable bonds is 4. The van der Waals surface area contributed by atoms with Gasteiger partial charge in [-0.3, -0.25) is 0 Å². The van der Waals surface area contributed by atoms with Crippen LogP contribution in [0.3, 0.4) is 0 Å². The second-order valence-electron chi connectivity index (χ2n) is 5.90. The van der Waals surface area contributed by atoms with Crippen LogP contribution in [0.1, 0.15) is 47.1 Å². The Hall–Kier alpha value is -3.40. The van der Waals surface area contributed by atoms with Gasteiger partial charge in [-0.1, -0.05) is 90.1 Å². The van der Waals surface area contributed by atoms with Crippen molar-refractivity contribution in [3.05, 3.63) is 84.6 Å². The van der Waals surface area contributed by atoms with Crippen LogP contribution < -0.4 is 10.6 Å². The highest BCUT2D eigenvalue weighted by Gasteiger charge is 2.05. The Morgan fingerprint density at radius 3 is 1.90 bits per heavy atom. The van der Waals surface area contributed by atoms with E-state index >= 15 is 0 Å². The van der Waals surface area contributed by atoms with Gasteiger partial charge in [-0.15, -0.1) is 0 Å². The van der Waals surface area contributed by atoms with Gasteiger partial charge in [-0.2, -0.15) is 4.98 Å². The van der Waals surface area contributed by atoms with E-state index in [9.17, 15) is 0 Å². The third-order valence-electron chi connectivity index (χ3n) is 4.01. The molecule has 0 saturated heterocycles. The summed E-state index contributed by atoms with van der Waals surface area (Å²) >= 11 is 0. The Morgan fingerprint density at radius 2 is 1.23 bits per heavy atom. The highest BCUT2D eigenvalue weighted by atomic mass is 15.1. The third-order valence-corrected chi connectivity index (χ3v) is 4.01. The first kappa shape index (κ1) is 25.6. The van der Waals surface area contributed by atoms with Gasteiger partial charge in [0.25, 0.3) is 0 Å². The summed E-state index contributed by atoms with van der Waals surface area (Å²) in [6.45, 7) is 14.0. The van der Waals surface area contributed by atoms with Crippen LogP contribution in [-0.4, -0.2) is 9.97 Å². The molecule has 0 unspecified atom stereocenters. The minimum Gasteiger partial charge on any atom is -0.340 e. The molecule has 0 amide bonds. The van der Waals surface area contributed by atoms with E-state index in [4.69, 9.17) is 0 Å². The van der Waals surface area contributed by atoms with Gasteiger partial charge in [0.2, 0.25) is 5.95 Å². The number of aryl methyl sites for hydroxylation is 1. The van der Waals surface area contributed by atoms with Crippen LogP contribution in [0.25, 0.3) is 10.8 Å². The molecule has 0 spiro atoms. The fourth-order valence-electron chi connectivity index (χ4n) is 2.68. The van der Waals surface area contributed by atoms with Gasteiger partial charge in [0.05, 0.1) is 0 Å². The molecule has 0 radical (unpaired) electrons. The molecule has 0 aliphatic carbocycles. The number of nitrogens with one attached hydrogen (secondary N) is 2. The smallest absolute Gasteiger partial charge is 0.229 e. The monoisotopic (exact) mass is 416 g/mol. The molecule has 1 aromatic heterocycles. The highest BCUT2D eigenvalue weighted by molar-refractivity contribution is 5.86. The quantitative estimate of drug-likeness (QED) is 0.350. The van der Waals surface area contributed by atoms with Crippen molar-refractivity contribution in [2.24, 2.45) is 0 Å². The molecule has 3 aromatic carbocycles. The molecular weight excluding hydrogens is 380 g/mol. The summed E-state index contributed by atoms with van der Waals surface area (Å²) in [5.74, 6) is 1.36. The maximum absolute atomic E-state index is 4.61. The average molecular weight is 417 g/mol. The zero-order chi connectivity index (χ0) is 23.1. The number of nitrogens with zero attached hydrogens (tertiary/aromatic N) is 2. The predicted octanol–water partition coefficient (Wildman–Crippen LogP) is 8.50. The molecule has 0 atom stereocenters. The summed E-state index contributed by atoms with van der Waals surface area (Å²) in [6, 6.07) is 24.5. The molecule has 0 aliphatic heterocycles. The first-order valence-electron chi connectivity index (χ1n) is 11.2. The lowest BCUT2D eigenvalue weighted by Gasteiger charge is -2.11. The largest absolute Gasteiger partial charge is 0.340 e. The maximum atomic E-state index is 4.61.